The molecule has 1 aliphatic rings. The first-order valence-corrected chi connectivity index (χ1v) is 6.87. The highest BCUT2D eigenvalue weighted by Crippen LogP contribution is 2.37. The fraction of sp³-hybridized carbons (Fsp3) is 0.588. The van der Waals surface area contributed by atoms with Crippen LogP contribution in [0.2, 0.25) is 0 Å². The fourth-order valence-corrected chi connectivity index (χ4v) is 3.01. The highest BCUT2D eigenvalue weighted by molar-refractivity contribution is 5.90. The molecule has 106 valence electrons. The molecule has 0 aliphatic carbocycles. The van der Waals surface area contributed by atoms with Gasteiger partial charge >= 0.3 is 0 Å². The Bertz CT molecular complexity index is 431. The van der Waals surface area contributed by atoms with Crippen LogP contribution in [0, 0.1) is 6.92 Å². The Morgan fingerprint density at radius 2 is 1.95 bits per heavy atom. The molecule has 1 saturated heterocycles. The minimum absolute atomic E-state index is 0. The minimum Gasteiger partial charge on any atom is -0.306 e. The van der Waals surface area contributed by atoms with Gasteiger partial charge in [0.15, 0.2) is 0 Å². The summed E-state index contributed by atoms with van der Waals surface area (Å²) in [5.74, 6) is 0.404. The van der Waals surface area contributed by atoms with E-state index in [9.17, 15) is 4.79 Å². The number of Topliss-reactive ketones (excluding diaryl/α,β-unsaturated/α-hetero) is 1. The van der Waals surface area contributed by atoms with Crippen molar-refractivity contribution in [1.29, 1.82) is 0 Å². The van der Waals surface area contributed by atoms with Crippen LogP contribution >= 0.6 is 0 Å². The summed E-state index contributed by atoms with van der Waals surface area (Å²) < 4.78 is 0. The zero-order valence-electron chi connectivity index (χ0n) is 11.7. The van der Waals surface area contributed by atoms with Gasteiger partial charge in [0.05, 0.1) is 5.41 Å². The fourth-order valence-electron chi connectivity index (χ4n) is 3.01. The van der Waals surface area contributed by atoms with Crippen LogP contribution in [0.5, 0.6) is 0 Å². The van der Waals surface area contributed by atoms with Crippen molar-refractivity contribution in [2.45, 2.75) is 46.0 Å². The summed E-state index contributed by atoms with van der Waals surface area (Å²) in [5.41, 5.74) is 2.24. The molecule has 1 aromatic rings. The van der Waals surface area contributed by atoms with E-state index in [2.05, 4.69) is 43.1 Å². The van der Waals surface area contributed by atoms with E-state index < -0.39 is 0 Å². The number of nitrogens with zero attached hydrogens (tertiary/aromatic N) is 1. The maximum absolute atomic E-state index is 12.5. The van der Waals surface area contributed by atoms with Crippen molar-refractivity contribution >= 4 is 5.78 Å². The van der Waals surface area contributed by atoms with E-state index in [0.717, 1.165) is 25.9 Å². The zero-order chi connectivity index (χ0) is 13.2. The topological polar surface area (TPSA) is 20.3 Å². The number of hydrogen-bond acceptors (Lipinski definition) is 2. The number of benzene rings is 1. The lowest BCUT2D eigenvalue weighted by atomic mass is 9.69. The van der Waals surface area contributed by atoms with E-state index >= 15 is 0 Å². The van der Waals surface area contributed by atoms with Gasteiger partial charge in [-0.3, -0.25) is 4.79 Å². The molecule has 2 heteroatoms. The predicted molar refractivity (Wildman–Crippen MR) is 81.6 cm³/mol. The molecule has 1 fully saturated rings. The second kappa shape index (κ2) is 6.33. The molecule has 1 heterocycles. The van der Waals surface area contributed by atoms with Crippen LogP contribution in [0.15, 0.2) is 24.3 Å². The van der Waals surface area contributed by atoms with Crippen molar-refractivity contribution in [3.63, 3.8) is 0 Å². The molecule has 2 rings (SSSR count). The Hall–Kier alpha value is -1.15. The van der Waals surface area contributed by atoms with Crippen LogP contribution in [-0.2, 0) is 10.2 Å². The quantitative estimate of drug-likeness (QED) is 0.829. The lowest BCUT2D eigenvalue weighted by Gasteiger charge is -2.40. The van der Waals surface area contributed by atoms with Crippen LogP contribution in [0.1, 0.15) is 44.7 Å². The third-order valence-electron chi connectivity index (χ3n) is 4.27. The van der Waals surface area contributed by atoms with E-state index in [-0.39, 0.29) is 12.8 Å². The number of likely N-dealkylation sites (tertiary alicyclic amines) is 1. The van der Waals surface area contributed by atoms with E-state index in [4.69, 9.17) is 0 Å². The van der Waals surface area contributed by atoms with Crippen LogP contribution in [0.3, 0.4) is 0 Å². The molecule has 19 heavy (non-hydrogen) atoms. The van der Waals surface area contributed by atoms with Crippen molar-refractivity contribution in [1.82, 2.24) is 4.90 Å². The van der Waals surface area contributed by atoms with Crippen molar-refractivity contribution < 1.29 is 4.79 Å². The zero-order valence-corrected chi connectivity index (χ0v) is 11.7. The van der Waals surface area contributed by atoms with Crippen molar-refractivity contribution in [2.75, 3.05) is 20.1 Å². The third-order valence-corrected chi connectivity index (χ3v) is 4.27. The molecule has 0 unspecified atom stereocenters. The Morgan fingerprint density at radius 1 is 1.32 bits per heavy atom. The van der Waals surface area contributed by atoms with Gasteiger partial charge in [0.1, 0.15) is 5.78 Å². The molecule has 0 atom stereocenters. The molecular formula is C17H27NO. The van der Waals surface area contributed by atoms with E-state index in [1.807, 2.05) is 6.92 Å². The number of piperidine rings is 1. The van der Waals surface area contributed by atoms with Gasteiger partial charge in [-0.25, -0.2) is 0 Å². The number of aryl methyl sites for hydroxylation is 1. The van der Waals surface area contributed by atoms with Crippen LogP contribution in [-0.4, -0.2) is 30.8 Å². The average molecular weight is 261 g/mol. The number of hydrogen-bond donors (Lipinski definition) is 0. The summed E-state index contributed by atoms with van der Waals surface area (Å²) in [4.78, 5) is 14.8. The second-order valence-corrected chi connectivity index (χ2v) is 5.53. The highest BCUT2D eigenvalue weighted by atomic mass is 16.1. The Balaban J connectivity index is 0.00000180. The molecule has 0 spiro atoms. The summed E-state index contributed by atoms with van der Waals surface area (Å²) in [7, 11) is 2.14. The van der Waals surface area contributed by atoms with Gasteiger partial charge < -0.3 is 4.90 Å². The number of carbonyl (C=O) groups excluding carboxylic acids is 1. The average Bonchev–Trinajstić information content (AvgIpc) is 2.39. The first-order valence-electron chi connectivity index (χ1n) is 6.87. The smallest absolute Gasteiger partial charge is 0.143 e. The van der Waals surface area contributed by atoms with Gasteiger partial charge in [-0.15, -0.1) is 0 Å². The molecular weight excluding hydrogens is 234 g/mol. The molecule has 0 N–H and O–H groups in total. The van der Waals surface area contributed by atoms with Gasteiger partial charge in [0, 0.05) is 6.42 Å². The molecule has 0 bridgehead atoms. The normalized spacial score (nSPS) is 18.7. The van der Waals surface area contributed by atoms with Gasteiger partial charge in [-0.05, 0) is 45.5 Å². The number of carbonyl (C=O) groups is 1. The summed E-state index contributed by atoms with van der Waals surface area (Å²) >= 11 is 0. The third kappa shape index (κ3) is 3.06. The summed E-state index contributed by atoms with van der Waals surface area (Å²) in [6.45, 7) is 6.11. The molecule has 1 aliphatic heterocycles. The largest absolute Gasteiger partial charge is 0.306 e. The molecule has 2 nitrogen and oxygen atoms in total. The standard InChI is InChI=1S/C16H23NO.CH4/c1-4-15(18)16(8-10-17(3)11-9-16)14-7-5-6-13(2)12-14;/h5-7,12H,4,8-11H2,1-3H3;1H4. The van der Waals surface area contributed by atoms with Crippen LogP contribution in [0.4, 0.5) is 0 Å². The first-order chi connectivity index (χ1) is 8.58. The van der Waals surface area contributed by atoms with E-state index in [1.54, 1.807) is 0 Å². The number of rotatable bonds is 3. The van der Waals surface area contributed by atoms with E-state index in [1.165, 1.54) is 11.1 Å². The van der Waals surface area contributed by atoms with E-state index in [0.29, 0.717) is 12.2 Å². The van der Waals surface area contributed by atoms with Crippen molar-refractivity contribution in [3.05, 3.63) is 35.4 Å². The van der Waals surface area contributed by atoms with Gasteiger partial charge in [-0.1, -0.05) is 44.2 Å². The Morgan fingerprint density at radius 3 is 2.47 bits per heavy atom. The van der Waals surface area contributed by atoms with Crippen LogP contribution in [0.25, 0.3) is 0 Å². The molecule has 0 amide bonds. The second-order valence-electron chi connectivity index (χ2n) is 5.53. The SMILES string of the molecule is C.CCC(=O)C1(c2cccc(C)c2)CCN(C)CC1. The van der Waals surface area contributed by atoms with Gasteiger partial charge in [-0.2, -0.15) is 0 Å². The van der Waals surface area contributed by atoms with Crippen molar-refractivity contribution in [2.24, 2.45) is 0 Å². The summed E-state index contributed by atoms with van der Waals surface area (Å²) in [6, 6.07) is 8.50. The molecule has 0 radical (unpaired) electrons. The maximum atomic E-state index is 12.5. The monoisotopic (exact) mass is 261 g/mol. The molecule has 0 aromatic heterocycles. The predicted octanol–water partition coefficient (Wildman–Crippen LogP) is 3.57. The lowest BCUT2D eigenvalue weighted by Crippen LogP contribution is -2.46. The highest BCUT2D eigenvalue weighted by Gasteiger charge is 2.40. The Labute approximate surface area is 117 Å². The van der Waals surface area contributed by atoms with Gasteiger partial charge in [0.25, 0.3) is 0 Å². The summed E-state index contributed by atoms with van der Waals surface area (Å²) in [6.07, 6.45) is 2.55. The van der Waals surface area contributed by atoms with Gasteiger partial charge in [0.2, 0.25) is 0 Å². The lowest BCUT2D eigenvalue weighted by molar-refractivity contribution is -0.126. The minimum atomic E-state index is -0.229. The molecule has 0 saturated carbocycles. The van der Waals surface area contributed by atoms with Crippen LogP contribution < -0.4 is 0 Å². The van der Waals surface area contributed by atoms with Crippen molar-refractivity contribution in [3.8, 4) is 0 Å². The summed E-state index contributed by atoms with van der Waals surface area (Å²) in [5, 5.41) is 0. The molecule has 1 aromatic carbocycles. The first kappa shape index (κ1) is 15.9. The maximum Gasteiger partial charge on any atom is 0.143 e. The Kier molecular flexibility index (Phi) is 5.30. The number of ketones is 1.